The largest absolute Gasteiger partial charge is 0.477 e. The highest BCUT2D eigenvalue weighted by Crippen LogP contribution is 2.32. The summed E-state index contributed by atoms with van der Waals surface area (Å²) in [6.07, 6.45) is -2.78. The molecule has 7 nitrogen and oxygen atoms in total. The molecule has 2 N–H and O–H groups in total. The van der Waals surface area contributed by atoms with E-state index in [9.17, 15) is 23.7 Å². The first-order valence-corrected chi connectivity index (χ1v) is 5.53. The summed E-state index contributed by atoms with van der Waals surface area (Å²) in [5.41, 5.74) is -1.62. The van der Waals surface area contributed by atoms with Crippen molar-refractivity contribution in [3.8, 4) is 0 Å². The molecule has 0 radical (unpaired) electrons. The van der Waals surface area contributed by atoms with Crippen LogP contribution in [0, 0.1) is 10.1 Å². The van der Waals surface area contributed by atoms with Crippen molar-refractivity contribution in [1.29, 1.82) is 0 Å². The summed E-state index contributed by atoms with van der Waals surface area (Å²) >= 11 is 0. The van der Waals surface area contributed by atoms with Crippen LogP contribution in [0.25, 0.3) is 0 Å². The van der Waals surface area contributed by atoms with E-state index < -0.39 is 41.7 Å². The maximum absolute atomic E-state index is 12.5. The van der Waals surface area contributed by atoms with Crippen LogP contribution >= 0.6 is 0 Å². The minimum absolute atomic E-state index is 0.260. The first kappa shape index (κ1) is 15.8. The van der Waals surface area contributed by atoms with Gasteiger partial charge in [-0.05, 0) is 12.1 Å². The van der Waals surface area contributed by atoms with Crippen molar-refractivity contribution < 1.29 is 28.7 Å². The molecule has 0 fully saturated rings. The molecular weight excluding hydrogens is 278 g/mol. The second-order valence-electron chi connectivity index (χ2n) is 3.80. The number of hydrogen-bond donors (Lipinski definition) is 2. The normalized spacial score (nSPS) is 10.6. The number of aromatic carboxylic acids is 1. The minimum Gasteiger partial charge on any atom is -0.477 e. The van der Waals surface area contributed by atoms with Gasteiger partial charge in [0.05, 0.1) is 18.1 Å². The quantitative estimate of drug-likeness (QED) is 0.580. The van der Waals surface area contributed by atoms with Gasteiger partial charge in [0.2, 0.25) is 0 Å². The molecule has 0 bridgehead atoms. The van der Waals surface area contributed by atoms with Gasteiger partial charge < -0.3 is 15.1 Å². The molecule has 20 heavy (non-hydrogen) atoms. The molecule has 0 aliphatic rings. The van der Waals surface area contributed by atoms with E-state index in [0.29, 0.717) is 0 Å². The Morgan fingerprint density at radius 3 is 2.55 bits per heavy atom. The second kappa shape index (κ2) is 6.75. The van der Waals surface area contributed by atoms with E-state index in [1.54, 1.807) is 0 Å². The summed E-state index contributed by atoms with van der Waals surface area (Å²) in [6, 6.07) is 3.41. The number of anilines is 1. The van der Waals surface area contributed by atoms with Crippen LogP contribution in [-0.2, 0) is 0 Å². The van der Waals surface area contributed by atoms with Gasteiger partial charge in [-0.1, -0.05) is 6.07 Å². The summed E-state index contributed by atoms with van der Waals surface area (Å²) in [7, 11) is 0. The van der Waals surface area contributed by atoms with Crippen LogP contribution in [-0.4, -0.2) is 47.2 Å². The van der Waals surface area contributed by atoms with E-state index in [1.807, 2.05) is 0 Å². The summed E-state index contributed by atoms with van der Waals surface area (Å²) in [6.45, 7) is -1.61. The maximum atomic E-state index is 12.5. The highest BCUT2D eigenvalue weighted by atomic mass is 19.3. The van der Waals surface area contributed by atoms with Crippen molar-refractivity contribution in [1.82, 2.24) is 0 Å². The average Bonchev–Trinajstić information content (AvgIpc) is 2.36. The molecule has 1 rings (SSSR count). The number of nitro benzene ring substituents is 1. The van der Waals surface area contributed by atoms with Crippen molar-refractivity contribution >= 4 is 17.3 Å². The fourth-order valence-corrected chi connectivity index (χ4v) is 1.75. The third-order valence-corrected chi connectivity index (χ3v) is 2.50. The first-order chi connectivity index (χ1) is 9.38. The number of halogens is 2. The molecule has 0 saturated heterocycles. The summed E-state index contributed by atoms with van der Waals surface area (Å²) in [4.78, 5) is 21.9. The Morgan fingerprint density at radius 1 is 1.45 bits per heavy atom. The Hall–Kier alpha value is -2.29. The topological polar surface area (TPSA) is 104 Å². The van der Waals surface area contributed by atoms with Crippen LogP contribution in [0.3, 0.4) is 0 Å². The molecule has 110 valence electrons. The zero-order valence-corrected chi connectivity index (χ0v) is 10.2. The Balaban J connectivity index is 3.36. The third-order valence-electron chi connectivity index (χ3n) is 2.50. The number of aliphatic hydroxyl groups is 1. The van der Waals surface area contributed by atoms with Gasteiger partial charge >= 0.3 is 11.7 Å². The summed E-state index contributed by atoms with van der Waals surface area (Å²) < 4.78 is 25.0. The maximum Gasteiger partial charge on any atom is 0.342 e. The zero-order valence-electron chi connectivity index (χ0n) is 10.2. The first-order valence-electron chi connectivity index (χ1n) is 5.53. The van der Waals surface area contributed by atoms with Crippen LogP contribution in [0.2, 0.25) is 0 Å². The Labute approximate surface area is 112 Å². The van der Waals surface area contributed by atoms with E-state index in [0.717, 1.165) is 11.0 Å². The standard InChI is InChI=1S/C11H12F2N2O5/c12-9(13)6-14(4-5-16)8-3-1-2-7(11(17)18)10(8)15(19)20/h1-3,9,16H,4-6H2,(H,17,18). The number of carboxylic acid groups (broad SMARTS) is 1. The summed E-state index contributed by atoms with van der Waals surface area (Å²) in [5, 5.41) is 28.8. The lowest BCUT2D eigenvalue weighted by Gasteiger charge is -2.23. The predicted molar refractivity (Wildman–Crippen MR) is 65.4 cm³/mol. The van der Waals surface area contributed by atoms with Gasteiger partial charge in [-0.25, -0.2) is 13.6 Å². The fraction of sp³-hybridized carbons (Fsp3) is 0.364. The Kier molecular flexibility index (Phi) is 5.32. The molecule has 0 heterocycles. The van der Waals surface area contributed by atoms with Crippen molar-refractivity contribution in [3.63, 3.8) is 0 Å². The van der Waals surface area contributed by atoms with Gasteiger partial charge in [0.1, 0.15) is 11.3 Å². The van der Waals surface area contributed by atoms with E-state index in [4.69, 9.17) is 10.2 Å². The molecule has 1 aromatic rings. The molecule has 9 heteroatoms. The number of rotatable bonds is 7. The fourth-order valence-electron chi connectivity index (χ4n) is 1.75. The van der Waals surface area contributed by atoms with E-state index in [1.165, 1.54) is 12.1 Å². The smallest absolute Gasteiger partial charge is 0.342 e. The lowest BCUT2D eigenvalue weighted by molar-refractivity contribution is -0.384. The van der Waals surface area contributed by atoms with Gasteiger partial charge in [0.15, 0.2) is 0 Å². The minimum atomic E-state index is -2.78. The Morgan fingerprint density at radius 2 is 2.10 bits per heavy atom. The van der Waals surface area contributed by atoms with E-state index in [-0.39, 0.29) is 12.2 Å². The molecule has 0 aromatic heterocycles. The third kappa shape index (κ3) is 3.60. The monoisotopic (exact) mass is 290 g/mol. The van der Waals surface area contributed by atoms with Gasteiger partial charge in [0, 0.05) is 6.54 Å². The summed E-state index contributed by atoms with van der Waals surface area (Å²) in [5.74, 6) is -1.53. The van der Waals surface area contributed by atoms with Crippen LogP contribution in [0.1, 0.15) is 10.4 Å². The number of carboxylic acids is 1. The molecule has 1 aromatic carbocycles. The highest BCUT2D eigenvalue weighted by Gasteiger charge is 2.28. The molecule has 0 aliphatic carbocycles. The van der Waals surface area contributed by atoms with Gasteiger partial charge in [-0.15, -0.1) is 0 Å². The number of nitrogens with zero attached hydrogens (tertiary/aromatic N) is 2. The molecule has 0 amide bonds. The van der Waals surface area contributed by atoms with Crippen LogP contribution in [0.5, 0.6) is 0 Å². The van der Waals surface area contributed by atoms with Crippen LogP contribution < -0.4 is 4.90 Å². The van der Waals surface area contributed by atoms with Gasteiger partial charge in [-0.3, -0.25) is 10.1 Å². The van der Waals surface area contributed by atoms with Crippen LogP contribution in [0.4, 0.5) is 20.2 Å². The highest BCUT2D eigenvalue weighted by molar-refractivity contribution is 5.95. The molecule has 0 unspecified atom stereocenters. The number of carbonyl (C=O) groups is 1. The van der Waals surface area contributed by atoms with Crippen molar-refractivity contribution in [3.05, 3.63) is 33.9 Å². The number of aliphatic hydroxyl groups excluding tert-OH is 1. The molecular formula is C11H12F2N2O5. The average molecular weight is 290 g/mol. The van der Waals surface area contributed by atoms with Crippen molar-refractivity contribution in [2.45, 2.75) is 6.43 Å². The van der Waals surface area contributed by atoms with Gasteiger partial charge in [-0.2, -0.15) is 0 Å². The molecule has 0 aliphatic heterocycles. The van der Waals surface area contributed by atoms with Crippen molar-refractivity contribution in [2.24, 2.45) is 0 Å². The number of benzene rings is 1. The molecule has 0 spiro atoms. The number of nitro groups is 1. The molecule has 0 atom stereocenters. The zero-order chi connectivity index (χ0) is 15.3. The number of alkyl halides is 2. The molecule has 0 saturated carbocycles. The van der Waals surface area contributed by atoms with E-state index in [2.05, 4.69) is 0 Å². The van der Waals surface area contributed by atoms with E-state index >= 15 is 0 Å². The SMILES string of the molecule is O=C(O)c1cccc(N(CCO)CC(F)F)c1[N+](=O)[O-]. The Bertz CT molecular complexity index is 510. The second-order valence-corrected chi connectivity index (χ2v) is 3.80. The lowest BCUT2D eigenvalue weighted by Crippen LogP contribution is -2.32. The number of para-hydroxylation sites is 1. The number of hydrogen-bond acceptors (Lipinski definition) is 5. The predicted octanol–water partition coefficient (Wildman–Crippen LogP) is 1.36. The lowest BCUT2D eigenvalue weighted by atomic mass is 10.1. The van der Waals surface area contributed by atoms with Crippen LogP contribution in [0.15, 0.2) is 18.2 Å². The van der Waals surface area contributed by atoms with Crippen molar-refractivity contribution in [2.75, 3.05) is 24.6 Å². The van der Waals surface area contributed by atoms with Gasteiger partial charge in [0.25, 0.3) is 6.43 Å².